The van der Waals surface area contributed by atoms with Gasteiger partial charge in [0, 0.05) is 25.1 Å². The van der Waals surface area contributed by atoms with Crippen LogP contribution in [0.3, 0.4) is 0 Å². The highest BCUT2D eigenvalue weighted by Gasteiger charge is 2.45. The second kappa shape index (κ2) is 7.71. The number of amides is 2. The summed E-state index contributed by atoms with van der Waals surface area (Å²) in [5.41, 5.74) is 0.611. The predicted octanol–water partition coefficient (Wildman–Crippen LogP) is 3.34. The van der Waals surface area contributed by atoms with E-state index < -0.39 is 5.60 Å². The summed E-state index contributed by atoms with van der Waals surface area (Å²) in [7, 11) is 0. The molecule has 2 aliphatic heterocycles. The summed E-state index contributed by atoms with van der Waals surface area (Å²) < 4.78 is 0. The lowest BCUT2D eigenvalue weighted by molar-refractivity contribution is -0.141. The molecular formula is C21H27N3O3. The van der Waals surface area contributed by atoms with E-state index in [9.17, 15) is 9.59 Å². The third-order valence-corrected chi connectivity index (χ3v) is 5.96. The number of para-hydroxylation sites is 1. The first-order valence-corrected chi connectivity index (χ1v) is 10.0. The molecular weight excluding hydrogens is 342 g/mol. The molecule has 1 atom stereocenters. The molecule has 0 radical (unpaired) electrons. The summed E-state index contributed by atoms with van der Waals surface area (Å²) in [5, 5.41) is 6.93. The Balaban J connectivity index is 1.34. The van der Waals surface area contributed by atoms with E-state index in [2.05, 4.69) is 10.5 Å². The van der Waals surface area contributed by atoms with Crippen molar-refractivity contribution in [3.8, 4) is 0 Å². The Morgan fingerprint density at radius 2 is 1.96 bits per heavy atom. The highest BCUT2D eigenvalue weighted by atomic mass is 16.7. The Kier molecular flexibility index (Phi) is 5.14. The minimum atomic E-state index is -0.535. The third kappa shape index (κ3) is 4.15. The van der Waals surface area contributed by atoms with Crippen molar-refractivity contribution in [1.82, 2.24) is 4.90 Å². The number of nitrogens with one attached hydrogen (secondary N) is 1. The molecule has 1 spiro atoms. The highest BCUT2D eigenvalue weighted by molar-refractivity contribution is 6.43. The van der Waals surface area contributed by atoms with Gasteiger partial charge in [-0.1, -0.05) is 36.2 Å². The molecule has 1 unspecified atom stereocenters. The van der Waals surface area contributed by atoms with Crippen LogP contribution in [0.5, 0.6) is 0 Å². The molecule has 1 aromatic rings. The molecule has 1 N–H and O–H groups in total. The maximum Gasteiger partial charge on any atom is 0.273 e. The lowest BCUT2D eigenvalue weighted by atomic mass is 9.87. The van der Waals surface area contributed by atoms with Gasteiger partial charge in [0.1, 0.15) is 5.71 Å². The van der Waals surface area contributed by atoms with E-state index in [0.717, 1.165) is 25.1 Å². The van der Waals surface area contributed by atoms with Gasteiger partial charge in [0.25, 0.3) is 5.91 Å². The Hall–Kier alpha value is -2.37. The number of carbonyl (C=O) groups excluding carboxylic acids is 2. The van der Waals surface area contributed by atoms with Crippen LogP contribution >= 0.6 is 0 Å². The van der Waals surface area contributed by atoms with Gasteiger partial charge in [-0.25, -0.2) is 0 Å². The number of hydrogen-bond acceptors (Lipinski definition) is 4. The molecule has 6 nitrogen and oxygen atoms in total. The van der Waals surface area contributed by atoms with Crippen molar-refractivity contribution >= 4 is 23.2 Å². The first-order chi connectivity index (χ1) is 13.1. The van der Waals surface area contributed by atoms with Crippen molar-refractivity contribution in [3.05, 3.63) is 30.3 Å². The maximum absolute atomic E-state index is 12.7. The summed E-state index contributed by atoms with van der Waals surface area (Å²) in [6, 6.07) is 9.33. The normalized spacial score (nSPS) is 25.3. The molecule has 0 aromatic heterocycles. The summed E-state index contributed by atoms with van der Waals surface area (Å²) in [6.07, 6.45) is 7.67. The van der Waals surface area contributed by atoms with Crippen LogP contribution in [-0.2, 0) is 14.4 Å². The van der Waals surface area contributed by atoms with E-state index in [1.54, 1.807) is 0 Å². The quantitative estimate of drug-likeness (QED) is 0.885. The molecule has 1 aliphatic carbocycles. The van der Waals surface area contributed by atoms with Gasteiger partial charge in [0.15, 0.2) is 5.60 Å². The van der Waals surface area contributed by atoms with Crippen LogP contribution in [0, 0.1) is 5.92 Å². The first kappa shape index (κ1) is 18.0. The number of likely N-dealkylation sites (tertiary alicyclic amines) is 1. The van der Waals surface area contributed by atoms with E-state index in [0.29, 0.717) is 31.0 Å². The van der Waals surface area contributed by atoms with E-state index in [4.69, 9.17) is 4.84 Å². The number of oxime groups is 1. The molecule has 3 aliphatic rings. The molecule has 144 valence electrons. The second-order valence-corrected chi connectivity index (χ2v) is 8.08. The number of anilines is 1. The number of carbonyl (C=O) groups is 2. The average Bonchev–Trinajstić information content (AvgIpc) is 3.33. The zero-order chi connectivity index (χ0) is 18.7. The standard InChI is InChI=1S/C21H27N3O3/c25-19(13-16-7-4-5-8-16)24-12-6-11-21(15-24)14-18(23-27-21)20(26)22-17-9-2-1-3-10-17/h1-3,9-10,16H,4-8,11-15H2,(H,22,26). The Morgan fingerprint density at radius 3 is 2.74 bits per heavy atom. The van der Waals surface area contributed by atoms with Crippen molar-refractivity contribution in [2.24, 2.45) is 11.1 Å². The van der Waals surface area contributed by atoms with Gasteiger partial charge < -0.3 is 15.1 Å². The molecule has 6 heteroatoms. The monoisotopic (exact) mass is 369 g/mol. The molecule has 1 aromatic carbocycles. The molecule has 27 heavy (non-hydrogen) atoms. The second-order valence-electron chi connectivity index (χ2n) is 8.08. The molecule has 4 rings (SSSR count). The smallest absolute Gasteiger partial charge is 0.273 e. The van der Waals surface area contributed by atoms with Crippen molar-refractivity contribution < 1.29 is 14.4 Å². The lowest BCUT2D eigenvalue weighted by Gasteiger charge is -2.38. The van der Waals surface area contributed by atoms with Gasteiger partial charge in [-0.3, -0.25) is 9.59 Å². The molecule has 1 saturated heterocycles. The fourth-order valence-corrected chi connectivity index (χ4v) is 4.49. The molecule has 2 heterocycles. The minimum absolute atomic E-state index is 0.228. The van der Waals surface area contributed by atoms with Gasteiger partial charge >= 0.3 is 0 Å². The van der Waals surface area contributed by atoms with Crippen LogP contribution in [0.25, 0.3) is 0 Å². The first-order valence-electron chi connectivity index (χ1n) is 10.0. The average molecular weight is 369 g/mol. The number of nitrogens with zero attached hydrogens (tertiary/aromatic N) is 2. The zero-order valence-electron chi connectivity index (χ0n) is 15.7. The lowest BCUT2D eigenvalue weighted by Crippen LogP contribution is -2.51. The van der Waals surface area contributed by atoms with Gasteiger partial charge in [-0.05, 0) is 43.7 Å². The van der Waals surface area contributed by atoms with Crippen LogP contribution in [0.15, 0.2) is 35.5 Å². The van der Waals surface area contributed by atoms with E-state index >= 15 is 0 Å². The van der Waals surface area contributed by atoms with Crippen molar-refractivity contribution in [2.75, 3.05) is 18.4 Å². The minimum Gasteiger partial charge on any atom is -0.386 e. The van der Waals surface area contributed by atoms with E-state index in [1.807, 2.05) is 35.2 Å². The third-order valence-electron chi connectivity index (χ3n) is 5.96. The fraction of sp³-hybridized carbons (Fsp3) is 0.571. The van der Waals surface area contributed by atoms with E-state index in [1.165, 1.54) is 25.7 Å². The topological polar surface area (TPSA) is 71.0 Å². The molecule has 2 fully saturated rings. The van der Waals surface area contributed by atoms with Crippen LogP contribution in [-0.4, -0.2) is 41.1 Å². The van der Waals surface area contributed by atoms with Crippen LogP contribution < -0.4 is 5.32 Å². The van der Waals surface area contributed by atoms with Crippen molar-refractivity contribution in [3.63, 3.8) is 0 Å². The van der Waals surface area contributed by atoms with Gasteiger partial charge in [-0.15, -0.1) is 0 Å². The summed E-state index contributed by atoms with van der Waals surface area (Å²) in [6.45, 7) is 1.31. The Bertz CT molecular complexity index is 727. The Morgan fingerprint density at radius 1 is 1.19 bits per heavy atom. The predicted molar refractivity (Wildman–Crippen MR) is 103 cm³/mol. The van der Waals surface area contributed by atoms with Gasteiger partial charge in [-0.2, -0.15) is 0 Å². The molecule has 1 saturated carbocycles. The van der Waals surface area contributed by atoms with Crippen LogP contribution in [0.4, 0.5) is 5.69 Å². The van der Waals surface area contributed by atoms with Crippen LogP contribution in [0.1, 0.15) is 51.4 Å². The zero-order valence-corrected chi connectivity index (χ0v) is 15.7. The van der Waals surface area contributed by atoms with E-state index in [-0.39, 0.29) is 11.8 Å². The number of hydrogen-bond donors (Lipinski definition) is 1. The van der Waals surface area contributed by atoms with Crippen molar-refractivity contribution in [2.45, 2.75) is 57.0 Å². The highest BCUT2D eigenvalue weighted by Crippen LogP contribution is 2.35. The van der Waals surface area contributed by atoms with Gasteiger partial charge in [0.05, 0.1) is 6.54 Å². The largest absolute Gasteiger partial charge is 0.386 e. The number of benzene rings is 1. The maximum atomic E-state index is 12.7. The molecule has 2 amide bonds. The van der Waals surface area contributed by atoms with Crippen molar-refractivity contribution in [1.29, 1.82) is 0 Å². The fourth-order valence-electron chi connectivity index (χ4n) is 4.49. The van der Waals surface area contributed by atoms with Crippen LogP contribution in [0.2, 0.25) is 0 Å². The summed E-state index contributed by atoms with van der Waals surface area (Å²) in [4.78, 5) is 32.9. The SMILES string of the molecule is O=C(Nc1ccccc1)C1=NOC2(CCCN(C(=O)CC3CCCC3)C2)C1. The number of piperidine rings is 1. The summed E-state index contributed by atoms with van der Waals surface area (Å²) in [5.74, 6) is 0.544. The Labute approximate surface area is 159 Å². The number of rotatable bonds is 4. The van der Waals surface area contributed by atoms with Gasteiger partial charge in [0.2, 0.25) is 5.91 Å². The molecule has 0 bridgehead atoms. The summed E-state index contributed by atoms with van der Waals surface area (Å²) >= 11 is 0.